The molecule has 0 aliphatic rings. The van der Waals surface area contributed by atoms with E-state index in [2.05, 4.69) is 5.10 Å². The van der Waals surface area contributed by atoms with Crippen molar-refractivity contribution in [1.29, 1.82) is 0 Å². The van der Waals surface area contributed by atoms with E-state index < -0.39 is 5.97 Å². The van der Waals surface area contributed by atoms with E-state index in [0.717, 1.165) is 5.56 Å². The third-order valence-corrected chi connectivity index (χ3v) is 1.94. The fourth-order valence-electron chi connectivity index (χ4n) is 1.28. The maximum absolute atomic E-state index is 10.9. The Morgan fingerprint density at radius 1 is 1.69 bits per heavy atom. The monoisotopic (exact) mass is 182 g/mol. The van der Waals surface area contributed by atoms with Gasteiger partial charge in [0, 0.05) is 11.6 Å². The number of hydrogen-bond donors (Lipinski definition) is 1. The normalized spacial score (nSPS) is 10.8. The van der Waals surface area contributed by atoms with Gasteiger partial charge in [-0.3, -0.25) is 4.68 Å². The summed E-state index contributed by atoms with van der Waals surface area (Å²) in [4.78, 5) is 10.9. The van der Waals surface area contributed by atoms with Crippen LogP contribution in [0, 0.1) is 0 Å². The molecule has 0 bridgehead atoms. The van der Waals surface area contributed by atoms with Crippen molar-refractivity contribution in [3.05, 3.63) is 17.5 Å². The van der Waals surface area contributed by atoms with Crippen LogP contribution in [-0.2, 0) is 6.42 Å². The zero-order valence-electron chi connectivity index (χ0n) is 8.11. The number of aromatic nitrogens is 2. The molecule has 0 radical (unpaired) electrons. The highest BCUT2D eigenvalue weighted by Gasteiger charge is 2.17. The SMILES string of the molecule is CCc1cnn(C(C)C)c1C(=O)O. The molecule has 4 heteroatoms. The number of carboxylic acids is 1. The molecular formula is C9H14N2O2. The van der Waals surface area contributed by atoms with Crippen LogP contribution in [0.25, 0.3) is 0 Å². The highest BCUT2D eigenvalue weighted by molar-refractivity contribution is 5.87. The van der Waals surface area contributed by atoms with E-state index in [9.17, 15) is 4.79 Å². The van der Waals surface area contributed by atoms with Crippen LogP contribution in [0.3, 0.4) is 0 Å². The predicted molar refractivity (Wildman–Crippen MR) is 48.9 cm³/mol. The molecule has 72 valence electrons. The summed E-state index contributed by atoms with van der Waals surface area (Å²) < 4.78 is 1.54. The lowest BCUT2D eigenvalue weighted by molar-refractivity contribution is 0.0680. The Hall–Kier alpha value is -1.32. The summed E-state index contributed by atoms with van der Waals surface area (Å²) in [6.45, 7) is 5.76. The van der Waals surface area contributed by atoms with Gasteiger partial charge in [0.05, 0.1) is 6.20 Å². The Labute approximate surface area is 77.2 Å². The first-order chi connectivity index (χ1) is 6.07. The molecule has 0 saturated heterocycles. The fraction of sp³-hybridized carbons (Fsp3) is 0.556. The first-order valence-corrected chi connectivity index (χ1v) is 4.37. The van der Waals surface area contributed by atoms with E-state index in [1.807, 2.05) is 20.8 Å². The van der Waals surface area contributed by atoms with Crippen LogP contribution in [-0.4, -0.2) is 20.9 Å². The quantitative estimate of drug-likeness (QED) is 0.774. The number of carboxylic acid groups (broad SMARTS) is 1. The third-order valence-electron chi connectivity index (χ3n) is 1.94. The number of rotatable bonds is 3. The number of aromatic carboxylic acids is 1. The molecule has 0 aliphatic carbocycles. The van der Waals surface area contributed by atoms with Gasteiger partial charge in [0.15, 0.2) is 0 Å². The Balaban J connectivity index is 3.22. The molecule has 1 N–H and O–H groups in total. The summed E-state index contributed by atoms with van der Waals surface area (Å²) in [5, 5.41) is 13.0. The number of aryl methyl sites for hydroxylation is 1. The molecule has 1 heterocycles. The van der Waals surface area contributed by atoms with Crippen LogP contribution in [0.2, 0.25) is 0 Å². The van der Waals surface area contributed by atoms with Crippen LogP contribution < -0.4 is 0 Å². The molecule has 0 amide bonds. The van der Waals surface area contributed by atoms with Gasteiger partial charge in [0.1, 0.15) is 5.69 Å². The molecule has 0 aliphatic heterocycles. The van der Waals surface area contributed by atoms with Gasteiger partial charge in [0.25, 0.3) is 0 Å². The molecule has 4 nitrogen and oxygen atoms in total. The Morgan fingerprint density at radius 2 is 2.31 bits per heavy atom. The summed E-state index contributed by atoms with van der Waals surface area (Å²) >= 11 is 0. The average molecular weight is 182 g/mol. The van der Waals surface area contributed by atoms with Crippen molar-refractivity contribution in [2.24, 2.45) is 0 Å². The standard InChI is InChI=1S/C9H14N2O2/c1-4-7-5-10-11(6(2)3)8(7)9(12)13/h5-6H,4H2,1-3H3,(H,12,13). The van der Waals surface area contributed by atoms with Crippen LogP contribution in [0.4, 0.5) is 0 Å². The van der Waals surface area contributed by atoms with E-state index >= 15 is 0 Å². The summed E-state index contributed by atoms with van der Waals surface area (Å²) in [6, 6.07) is 0.0893. The van der Waals surface area contributed by atoms with Gasteiger partial charge in [-0.1, -0.05) is 6.92 Å². The number of carbonyl (C=O) groups is 1. The second-order valence-electron chi connectivity index (χ2n) is 3.22. The molecule has 1 rings (SSSR count). The van der Waals surface area contributed by atoms with Gasteiger partial charge < -0.3 is 5.11 Å². The zero-order chi connectivity index (χ0) is 10.0. The second kappa shape index (κ2) is 3.60. The van der Waals surface area contributed by atoms with E-state index in [4.69, 9.17) is 5.11 Å². The summed E-state index contributed by atoms with van der Waals surface area (Å²) in [6.07, 6.45) is 2.33. The van der Waals surface area contributed by atoms with Crippen molar-refractivity contribution >= 4 is 5.97 Å². The Bertz CT molecular complexity index is 315. The average Bonchev–Trinajstić information content (AvgIpc) is 2.46. The molecule has 0 fully saturated rings. The fourth-order valence-corrected chi connectivity index (χ4v) is 1.28. The molecule has 1 aromatic heterocycles. The summed E-state index contributed by atoms with van der Waals surface area (Å²) in [7, 11) is 0. The van der Waals surface area contributed by atoms with E-state index in [1.165, 1.54) is 0 Å². The highest BCUT2D eigenvalue weighted by atomic mass is 16.4. The van der Waals surface area contributed by atoms with Crippen molar-refractivity contribution in [2.75, 3.05) is 0 Å². The lowest BCUT2D eigenvalue weighted by Gasteiger charge is -2.08. The molecule has 1 aromatic rings. The Morgan fingerprint density at radius 3 is 2.69 bits per heavy atom. The second-order valence-corrected chi connectivity index (χ2v) is 3.22. The van der Waals surface area contributed by atoms with Gasteiger partial charge >= 0.3 is 5.97 Å². The number of hydrogen-bond acceptors (Lipinski definition) is 2. The van der Waals surface area contributed by atoms with Crippen LogP contribution in [0.1, 0.15) is 42.9 Å². The zero-order valence-corrected chi connectivity index (χ0v) is 8.11. The largest absolute Gasteiger partial charge is 0.477 e. The molecule has 13 heavy (non-hydrogen) atoms. The third kappa shape index (κ3) is 1.71. The minimum Gasteiger partial charge on any atom is -0.477 e. The van der Waals surface area contributed by atoms with Crippen molar-refractivity contribution in [1.82, 2.24) is 9.78 Å². The van der Waals surface area contributed by atoms with Crippen molar-refractivity contribution in [3.63, 3.8) is 0 Å². The first-order valence-electron chi connectivity index (χ1n) is 4.37. The Kier molecular flexibility index (Phi) is 2.70. The molecule has 0 saturated carbocycles. The number of nitrogens with zero attached hydrogens (tertiary/aromatic N) is 2. The van der Waals surface area contributed by atoms with E-state index in [-0.39, 0.29) is 6.04 Å². The smallest absolute Gasteiger partial charge is 0.354 e. The molecule has 0 spiro atoms. The lowest BCUT2D eigenvalue weighted by Crippen LogP contribution is -2.13. The van der Waals surface area contributed by atoms with Crippen molar-refractivity contribution < 1.29 is 9.90 Å². The maximum Gasteiger partial charge on any atom is 0.354 e. The molecule has 0 atom stereocenters. The van der Waals surface area contributed by atoms with Gasteiger partial charge in [-0.2, -0.15) is 5.10 Å². The summed E-state index contributed by atoms with van der Waals surface area (Å²) in [5.74, 6) is -0.900. The van der Waals surface area contributed by atoms with Gasteiger partial charge in [-0.25, -0.2) is 4.79 Å². The minimum atomic E-state index is -0.900. The van der Waals surface area contributed by atoms with Crippen LogP contribution >= 0.6 is 0 Å². The van der Waals surface area contributed by atoms with Gasteiger partial charge in [-0.15, -0.1) is 0 Å². The molecular weight excluding hydrogens is 168 g/mol. The van der Waals surface area contributed by atoms with Crippen LogP contribution in [0.15, 0.2) is 6.20 Å². The van der Waals surface area contributed by atoms with E-state index in [0.29, 0.717) is 12.1 Å². The summed E-state index contributed by atoms with van der Waals surface area (Å²) in [5.41, 5.74) is 1.11. The van der Waals surface area contributed by atoms with Crippen molar-refractivity contribution in [3.8, 4) is 0 Å². The van der Waals surface area contributed by atoms with Gasteiger partial charge in [-0.05, 0) is 20.3 Å². The predicted octanol–water partition coefficient (Wildman–Crippen LogP) is 1.72. The van der Waals surface area contributed by atoms with Crippen molar-refractivity contribution in [2.45, 2.75) is 33.2 Å². The first kappa shape index (κ1) is 9.77. The maximum atomic E-state index is 10.9. The minimum absolute atomic E-state index is 0.0893. The lowest BCUT2D eigenvalue weighted by atomic mass is 10.2. The molecule has 0 aromatic carbocycles. The van der Waals surface area contributed by atoms with Gasteiger partial charge in [0.2, 0.25) is 0 Å². The molecule has 0 unspecified atom stereocenters. The topological polar surface area (TPSA) is 55.1 Å². The highest BCUT2D eigenvalue weighted by Crippen LogP contribution is 2.14. The van der Waals surface area contributed by atoms with E-state index in [1.54, 1.807) is 10.9 Å². The van der Waals surface area contributed by atoms with Crippen LogP contribution in [0.5, 0.6) is 0 Å².